The molecular weight excluding hydrogens is 312 g/mol. The van der Waals surface area contributed by atoms with Gasteiger partial charge in [0.25, 0.3) is 0 Å². The number of aromatic nitrogens is 2. The average Bonchev–Trinajstić information content (AvgIpc) is 3.23. The van der Waals surface area contributed by atoms with E-state index in [1.54, 1.807) is 0 Å². The fourth-order valence-electron chi connectivity index (χ4n) is 2.34. The van der Waals surface area contributed by atoms with Crippen LogP contribution < -0.4 is 15.0 Å². The summed E-state index contributed by atoms with van der Waals surface area (Å²) in [6.07, 6.45) is 2.45. The summed E-state index contributed by atoms with van der Waals surface area (Å²) < 4.78 is 15.7. The molecule has 1 N–H and O–H groups in total. The predicted octanol–water partition coefficient (Wildman–Crippen LogP) is 2.77. The van der Waals surface area contributed by atoms with Gasteiger partial charge in [-0.25, -0.2) is 4.98 Å². The van der Waals surface area contributed by atoms with Gasteiger partial charge in [-0.05, 0) is 25.0 Å². The molecule has 0 bridgehead atoms. The Bertz CT molecular complexity index is 626. The van der Waals surface area contributed by atoms with Gasteiger partial charge in [-0.1, -0.05) is 6.07 Å². The second-order valence-electron chi connectivity index (χ2n) is 5.72. The minimum absolute atomic E-state index is 0.232. The van der Waals surface area contributed by atoms with Crippen LogP contribution in [0.3, 0.4) is 0 Å². The van der Waals surface area contributed by atoms with Gasteiger partial charge in [-0.2, -0.15) is 4.37 Å². The zero-order chi connectivity index (χ0) is 16.1. The third kappa shape index (κ3) is 4.56. The largest absolute Gasteiger partial charge is 0.491 e. The number of rotatable bonds is 7. The fourth-order valence-corrected chi connectivity index (χ4v) is 2.94. The van der Waals surface area contributed by atoms with Crippen LogP contribution in [0.1, 0.15) is 18.7 Å². The first-order valence-corrected chi connectivity index (χ1v) is 8.56. The van der Waals surface area contributed by atoms with Crippen LogP contribution in [-0.2, 0) is 11.3 Å². The van der Waals surface area contributed by atoms with Crippen molar-refractivity contribution in [2.75, 3.05) is 37.5 Å². The summed E-state index contributed by atoms with van der Waals surface area (Å²) in [6.45, 7) is 2.06. The van der Waals surface area contributed by atoms with Gasteiger partial charge in [0.15, 0.2) is 5.82 Å². The molecule has 0 aliphatic carbocycles. The van der Waals surface area contributed by atoms with Crippen molar-refractivity contribution < 1.29 is 9.47 Å². The van der Waals surface area contributed by atoms with Crippen molar-refractivity contribution in [3.63, 3.8) is 0 Å². The zero-order valence-electron chi connectivity index (χ0n) is 13.5. The second kappa shape index (κ2) is 7.61. The molecule has 1 unspecified atom stereocenters. The third-order valence-corrected chi connectivity index (χ3v) is 4.51. The summed E-state index contributed by atoms with van der Waals surface area (Å²) in [6, 6.07) is 7.95. The maximum absolute atomic E-state index is 5.82. The zero-order valence-corrected chi connectivity index (χ0v) is 14.3. The molecule has 1 aromatic carbocycles. The highest BCUT2D eigenvalue weighted by Crippen LogP contribution is 2.20. The summed E-state index contributed by atoms with van der Waals surface area (Å²) in [5, 5.41) is 4.25. The Kier molecular flexibility index (Phi) is 5.30. The van der Waals surface area contributed by atoms with Gasteiger partial charge in [-0.15, -0.1) is 0 Å². The van der Waals surface area contributed by atoms with Crippen LogP contribution in [0, 0.1) is 0 Å². The van der Waals surface area contributed by atoms with Crippen molar-refractivity contribution >= 4 is 22.4 Å². The van der Waals surface area contributed by atoms with Crippen LogP contribution in [0.5, 0.6) is 5.75 Å². The van der Waals surface area contributed by atoms with Crippen molar-refractivity contribution in [3.05, 3.63) is 30.1 Å². The third-order valence-electron chi connectivity index (χ3n) is 3.58. The number of benzene rings is 1. The highest BCUT2D eigenvalue weighted by Gasteiger charge is 2.16. The molecule has 0 radical (unpaired) electrons. The minimum Gasteiger partial charge on any atom is -0.491 e. The van der Waals surface area contributed by atoms with Crippen LogP contribution >= 0.6 is 11.5 Å². The van der Waals surface area contributed by atoms with E-state index in [2.05, 4.69) is 14.7 Å². The van der Waals surface area contributed by atoms with E-state index in [9.17, 15) is 0 Å². The first-order chi connectivity index (χ1) is 11.2. The van der Waals surface area contributed by atoms with E-state index in [0.717, 1.165) is 41.8 Å². The van der Waals surface area contributed by atoms with E-state index in [0.29, 0.717) is 13.2 Å². The Labute approximate surface area is 140 Å². The lowest BCUT2D eigenvalue weighted by Gasteiger charge is -2.12. The topological polar surface area (TPSA) is 59.5 Å². The van der Waals surface area contributed by atoms with Crippen LogP contribution in [0.15, 0.2) is 24.3 Å². The average molecular weight is 334 g/mol. The monoisotopic (exact) mass is 334 g/mol. The lowest BCUT2D eigenvalue weighted by molar-refractivity contribution is 0.0680. The molecule has 2 heterocycles. The molecule has 23 heavy (non-hydrogen) atoms. The highest BCUT2D eigenvalue weighted by atomic mass is 32.1. The van der Waals surface area contributed by atoms with Crippen LogP contribution in [0.25, 0.3) is 0 Å². The Morgan fingerprint density at radius 3 is 3.09 bits per heavy atom. The lowest BCUT2D eigenvalue weighted by Crippen LogP contribution is -2.16. The number of ether oxygens (including phenoxy) is 2. The quantitative estimate of drug-likeness (QED) is 0.840. The lowest BCUT2D eigenvalue weighted by atomic mass is 10.2. The van der Waals surface area contributed by atoms with E-state index in [1.807, 2.05) is 43.3 Å². The van der Waals surface area contributed by atoms with Gasteiger partial charge in [0.05, 0.1) is 12.6 Å². The summed E-state index contributed by atoms with van der Waals surface area (Å²) in [7, 11) is 3.93. The Morgan fingerprint density at radius 1 is 1.43 bits per heavy atom. The van der Waals surface area contributed by atoms with Crippen molar-refractivity contribution in [3.8, 4) is 5.75 Å². The van der Waals surface area contributed by atoms with Gasteiger partial charge in [0.1, 0.15) is 12.4 Å². The normalized spacial score (nSPS) is 17.2. The smallest absolute Gasteiger partial charge is 0.204 e. The molecule has 0 spiro atoms. The first kappa shape index (κ1) is 16.0. The van der Waals surface area contributed by atoms with Gasteiger partial charge in [0.2, 0.25) is 5.13 Å². The molecule has 7 heteroatoms. The number of anilines is 2. The van der Waals surface area contributed by atoms with E-state index in [4.69, 9.17) is 9.47 Å². The Morgan fingerprint density at radius 2 is 2.35 bits per heavy atom. The fraction of sp³-hybridized carbons (Fsp3) is 0.500. The molecule has 3 rings (SSSR count). The molecule has 1 aliphatic rings. The van der Waals surface area contributed by atoms with Gasteiger partial charge >= 0.3 is 0 Å². The number of hydrogen-bond acceptors (Lipinski definition) is 7. The number of hydrogen-bond donors (Lipinski definition) is 1. The van der Waals surface area contributed by atoms with Crippen molar-refractivity contribution in [1.82, 2.24) is 9.36 Å². The summed E-state index contributed by atoms with van der Waals surface area (Å²) in [5.74, 6) is 1.65. The SMILES string of the molecule is CN(C)c1nc(CNc2cccc(OCC3CCCO3)c2)ns1. The van der Waals surface area contributed by atoms with Crippen LogP contribution in [0.4, 0.5) is 10.8 Å². The maximum Gasteiger partial charge on any atom is 0.204 e. The molecule has 1 saturated heterocycles. The van der Waals surface area contributed by atoms with Gasteiger partial charge in [-0.3, -0.25) is 0 Å². The molecule has 1 aliphatic heterocycles. The summed E-state index contributed by atoms with van der Waals surface area (Å²) in [5.41, 5.74) is 0.996. The number of nitrogens with zero attached hydrogens (tertiary/aromatic N) is 3. The molecule has 1 fully saturated rings. The van der Waals surface area contributed by atoms with Crippen LogP contribution in [0.2, 0.25) is 0 Å². The predicted molar refractivity (Wildman–Crippen MR) is 92.5 cm³/mol. The Hall–Kier alpha value is -1.86. The highest BCUT2D eigenvalue weighted by molar-refractivity contribution is 7.09. The molecule has 124 valence electrons. The molecule has 6 nitrogen and oxygen atoms in total. The molecule has 1 atom stereocenters. The van der Waals surface area contributed by atoms with Crippen LogP contribution in [-0.4, -0.2) is 42.8 Å². The van der Waals surface area contributed by atoms with Crippen molar-refractivity contribution in [2.24, 2.45) is 0 Å². The minimum atomic E-state index is 0.232. The molecule has 2 aromatic rings. The first-order valence-electron chi connectivity index (χ1n) is 7.79. The van der Waals surface area contributed by atoms with E-state index >= 15 is 0 Å². The van der Waals surface area contributed by atoms with Crippen molar-refractivity contribution in [1.29, 1.82) is 0 Å². The van der Waals surface area contributed by atoms with E-state index in [-0.39, 0.29) is 6.10 Å². The molecule has 0 amide bonds. The maximum atomic E-state index is 5.82. The van der Waals surface area contributed by atoms with E-state index in [1.165, 1.54) is 11.5 Å². The standard InChI is InChI=1S/C16H22N4O2S/c1-20(2)16-18-15(19-23-16)10-17-12-5-3-6-13(9-12)22-11-14-7-4-8-21-14/h3,5-6,9,14,17H,4,7-8,10-11H2,1-2H3. The second-order valence-corrected chi connectivity index (χ2v) is 6.45. The van der Waals surface area contributed by atoms with Gasteiger partial charge in [0, 0.05) is 44.0 Å². The van der Waals surface area contributed by atoms with Gasteiger partial charge < -0.3 is 19.7 Å². The summed E-state index contributed by atoms with van der Waals surface area (Å²) >= 11 is 1.40. The molecule has 1 aromatic heterocycles. The molecule has 0 saturated carbocycles. The van der Waals surface area contributed by atoms with Crippen molar-refractivity contribution in [2.45, 2.75) is 25.5 Å². The van der Waals surface area contributed by atoms with E-state index < -0.39 is 0 Å². The summed E-state index contributed by atoms with van der Waals surface area (Å²) in [4.78, 5) is 6.42. The Balaban J connectivity index is 1.52. The number of nitrogens with one attached hydrogen (secondary N) is 1. The molecular formula is C16H22N4O2S.